The predicted molar refractivity (Wildman–Crippen MR) is 57.4 cm³/mol. The third-order valence-electron chi connectivity index (χ3n) is 2.97. The summed E-state index contributed by atoms with van der Waals surface area (Å²) in [5, 5.41) is 0. The number of carbonyl (C=O) groups is 1. The van der Waals surface area contributed by atoms with Gasteiger partial charge in [-0.25, -0.2) is 4.79 Å². The van der Waals surface area contributed by atoms with Crippen LogP contribution in [0.5, 0.6) is 0 Å². The van der Waals surface area contributed by atoms with Gasteiger partial charge < -0.3 is 14.7 Å². The van der Waals surface area contributed by atoms with Crippen molar-refractivity contribution in [3.63, 3.8) is 0 Å². The van der Waals surface area contributed by atoms with Gasteiger partial charge in [0, 0.05) is 32.7 Å². The van der Waals surface area contributed by atoms with E-state index in [4.69, 9.17) is 0 Å². The maximum absolute atomic E-state index is 11.8. The molecule has 1 saturated heterocycles. The molecule has 82 valence electrons. The smallest absolute Gasteiger partial charge is 0.319 e. The summed E-state index contributed by atoms with van der Waals surface area (Å²) in [6.07, 6.45) is 1.09. The summed E-state index contributed by atoms with van der Waals surface area (Å²) < 4.78 is 0. The van der Waals surface area contributed by atoms with Crippen LogP contribution in [-0.4, -0.2) is 67.5 Å². The van der Waals surface area contributed by atoms with Crippen LogP contribution in [0.1, 0.15) is 13.3 Å². The van der Waals surface area contributed by atoms with E-state index in [2.05, 4.69) is 19.0 Å². The summed E-state index contributed by atoms with van der Waals surface area (Å²) in [4.78, 5) is 17.7. The van der Waals surface area contributed by atoms with Crippen molar-refractivity contribution in [2.24, 2.45) is 0 Å². The van der Waals surface area contributed by atoms with Crippen LogP contribution < -0.4 is 0 Å². The molecule has 0 aromatic carbocycles. The Hall–Kier alpha value is -0.770. The largest absolute Gasteiger partial charge is 0.328 e. The van der Waals surface area contributed by atoms with Crippen LogP contribution in [0.2, 0.25) is 0 Å². The van der Waals surface area contributed by atoms with Gasteiger partial charge in [0.1, 0.15) is 0 Å². The molecule has 1 fully saturated rings. The first-order chi connectivity index (χ1) is 6.56. The van der Waals surface area contributed by atoms with Gasteiger partial charge in [-0.1, -0.05) is 0 Å². The first-order valence-corrected chi connectivity index (χ1v) is 5.22. The van der Waals surface area contributed by atoms with E-state index in [1.807, 2.05) is 18.9 Å². The monoisotopic (exact) mass is 199 g/mol. The maximum atomic E-state index is 11.8. The molecule has 1 heterocycles. The lowest BCUT2D eigenvalue weighted by Gasteiger charge is -2.24. The van der Waals surface area contributed by atoms with Crippen molar-refractivity contribution in [2.45, 2.75) is 19.4 Å². The van der Waals surface area contributed by atoms with Crippen LogP contribution in [0.25, 0.3) is 0 Å². The highest BCUT2D eigenvalue weighted by molar-refractivity contribution is 5.74. The summed E-state index contributed by atoms with van der Waals surface area (Å²) in [6, 6.07) is 0.695. The lowest BCUT2D eigenvalue weighted by atomic mass is 10.2. The summed E-state index contributed by atoms with van der Waals surface area (Å²) in [7, 11) is 6.00. The maximum Gasteiger partial charge on any atom is 0.319 e. The van der Waals surface area contributed by atoms with Crippen LogP contribution in [0.4, 0.5) is 4.79 Å². The molecular formula is C10H21N3O. The highest BCUT2D eigenvalue weighted by Gasteiger charge is 2.28. The zero-order valence-corrected chi connectivity index (χ0v) is 9.66. The molecule has 14 heavy (non-hydrogen) atoms. The van der Waals surface area contributed by atoms with E-state index in [9.17, 15) is 4.79 Å². The number of carbonyl (C=O) groups excluding carboxylic acids is 1. The van der Waals surface area contributed by atoms with Crippen LogP contribution in [0, 0.1) is 0 Å². The molecule has 0 radical (unpaired) electrons. The van der Waals surface area contributed by atoms with E-state index in [0.29, 0.717) is 6.04 Å². The fourth-order valence-corrected chi connectivity index (χ4v) is 1.71. The average molecular weight is 199 g/mol. The number of urea groups is 1. The Balaban J connectivity index is 2.45. The molecule has 0 saturated carbocycles. The molecule has 2 amide bonds. The molecule has 4 heteroatoms. The quantitative estimate of drug-likeness (QED) is 0.654. The van der Waals surface area contributed by atoms with E-state index in [0.717, 1.165) is 26.1 Å². The number of likely N-dealkylation sites (N-methyl/N-ethyl adjacent to an activating group) is 1. The molecule has 0 aromatic heterocycles. The molecule has 0 aliphatic carbocycles. The van der Waals surface area contributed by atoms with E-state index >= 15 is 0 Å². The van der Waals surface area contributed by atoms with Gasteiger partial charge >= 0.3 is 6.03 Å². The molecule has 0 aromatic rings. The Bertz CT molecular complexity index is 206. The molecule has 4 nitrogen and oxygen atoms in total. The number of hydrogen-bond acceptors (Lipinski definition) is 2. The third kappa shape index (κ3) is 2.38. The zero-order valence-electron chi connectivity index (χ0n) is 9.66. The first kappa shape index (κ1) is 11.3. The number of nitrogens with zero attached hydrogens (tertiary/aromatic N) is 3. The number of hydrogen-bond donors (Lipinski definition) is 0. The zero-order chi connectivity index (χ0) is 10.7. The van der Waals surface area contributed by atoms with Gasteiger partial charge in [-0.05, 0) is 27.4 Å². The van der Waals surface area contributed by atoms with Crippen molar-refractivity contribution in [3.05, 3.63) is 0 Å². The van der Waals surface area contributed by atoms with Gasteiger partial charge in [0.2, 0.25) is 0 Å². The fraction of sp³-hybridized carbons (Fsp3) is 0.900. The molecule has 1 rings (SSSR count). The number of amides is 2. The van der Waals surface area contributed by atoms with Gasteiger partial charge in [0.25, 0.3) is 0 Å². The third-order valence-corrected chi connectivity index (χ3v) is 2.97. The van der Waals surface area contributed by atoms with Crippen molar-refractivity contribution in [2.75, 3.05) is 40.8 Å². The fourth-order valence-electron chi connectivity index (χ4n) is 1.71. The van der Waals surface area contributed by atoms with E-state index in [1.165, 1.54) is 0 Å². The molecule has 0 spiro atoms. The summed E-state index contributed by atoms with van der Waals surface area (Å²) in [6.45, 7) is 4.54. The highest BCUT2D eigenvalue weighted by Crippen LogP contribution is 2.14. The summed E-state index contributed by atoms with van der Waals surface area (Å²) in [5.74, 6) is 0. The summed E-state index contributed by atoms with van der Waals surface area (Å²) >= 11 is 0. The van der Waals surface area contributed by atoms with Crippen LogP contribution >= 0.6 is 0 Å². The lowest BCUT2D eigenvalue weighted by Crippen LogP contribution is -2.41. The molecular weight excluding hydrogens is 178 g/mol. The van der Waals surface area contributed by atoms with E-state index < -0.39 is 0 Å². The predicted octanol–water partition coefficient (Wildman–Crippen LogP) is 0.694. The van der Waals surface area contributed by atoms with Crippen molar-refractivity contribution in [1.29, 1.82) is 0 Å². The van der Waals surface area contributed by atoms with Crippen LogP contribution in [0.3, 0.4) is 0 Å². The van der Waals surface area contributed by atoms with E-state index in [1.54, 1.807) is 4.90 Å². The van der Waals surface area contributed by atoms with Crippen molar-refractivity contribution < 1.29 is 4.79 Å². The molecule has 1 aliphatic heterocycles. The molecule has 0 bridgehead atoms. The molecule has 0 N–H and O–H groups in total. The normalized spacial score (nSPS) is 21.8. The number of rotatable bonds is 2. The van der Waals surface area contributed by atoms with Crippen molar-refractivity contribution in [1.82, 2.24) is 14.7 Å². The van der Waals surface area contributed by atoms with Crippen molar-refractivity contribution >= 4 is 6.03 Å². The summed E-state index contributed by atoms with van der Waals surface area (Å²) in [5.41, 5.74) is 0. The second-order valence-corrected chi connectivity index (χ2v) is 4.15. The van der Waals surface area contributed by atoms with Gasteiger partial charge in [-0.15, -0.1) is 0 Å². The van der Waals surface area contributed by atoms with Crippen LogP contribution in [-0.2, 0) is 0 Å². The second kappa shape index (κ2) is 4.64. The van der Waals surface area contributed by atoms with Gasteiger partial charge in [0.15, 0.2) is 0 Å². The highest BCUT2D eigenvalue weighted by atomic mass is 16.2. The standard InChI is InChI=1S/C10H21N3O/c1-5-12(4)10(14)13-7-6-9(8-13)11(2)3/h9H,5-8H2,1-4H3. The van der Waals surface area contributed by atoms with E-state index in [-0.39, 0.29) is 6.03 Å². The van der Waals surface area contributed by atoms with Crippen molar-refractivity contribution in [3.8, 4) is 0 Å². The topological polar surface area (TPSA) is 26.8 Å². The minimum Gasteiger partial charge on any atom is -0.328 e. The SMILES string of the molecule is CCN(C)C(=O)N1CCC(N(C)C)C1. The lowest BCUT2D eigenvalue weighted by molar-refractivity contribution is 0.171. The Morgan fingerprint density at radius 3 is 2.50 bits per heavy atom. The minimum absolute atomic E-state index is 0.164. The molecule has 1 atom stereocenters. The Labute approximate surface area is 86.5 Å². The Morgan fingerprint density at radius 2 is 2.07 bits per heavy atom. The second-order valence-electron chi connectivity index (χ2n) is 4.15. The first-order valence-electron chi connectivity index (χ1n) is 5.22. The van der Waals surface area contributed by atoms with Crippen LogP contribution in [0.15, 0.2) is 0 Å². The van der Waals surface area contributed by atoms with Gasteiger partial charge in [-0.3, -0.25) is 0 Å². The van der Waals surface area contributed by atoms with Gasteiger partial charge in [-0.2, -0.15) is 0 Å². The molecule has 1 unspecified atom stereocenters. The Morgan fingerprint density at radius 1 is 1.43 bits per heavy atom. The molecule has 1 aliphatic rings. The minimum atomic E-state index is 0.164. The van der Waals surface area contributed by atoms with Gasteiger partial charge in [0.05, 0.1) is 0 Å². The number of likely N-dealkylation sites (tertiary alicyclic amines) is 1. The average Bonchev–Trinajstić information content (AvgIpc) is 2.64. The Kier molecular flexibility index (Phi) is 3.75.